The van der Waals surface area contributed by atoms with Crippen LogP contribution in [-0.4, -0.2) is 9.55 Å². The molecule has 0 bridgehead atoms. The number of pyridine rings is 1. The summed E-state index contributed by atoms with van der Waals surface area (Å²) in [5.41, 5.74) is 8.38. The number of nitrogens with zero attached hydrogens (tertiary/aromatic N) is 3. The van der Waals surface area contributed by atoms with Crippen molar-refractivity contribution in [1.82, 2.24) is 9.55 Å². The summed E-state index contributed by atoms with van der Waals surface area (Å²) in [5.74, 6) is 0.419. The van der Waals surface area contributed by atoms with E-state index in [2.05, 4.69) is 91.8 Å². The Kier molecular flexibility index (Phi) is 4.08. The lowest BCUT2D eigenvalue weighted by molar-refractivity contribution is -0.645. The van der Waals surface area contributed by atoms with Gasteiger partial charge in [0.1, 0.15) is 5.69 Å². The molecule has 0 saturated heterocycles. The van der Waals surface area contributed by atoms with Crippen molar-refractivity contribution in [3.05, 3.63) is 78.2 Å². The Morgan fingerprint density at radius 1 is 1.00 bits per heavy atom. The molecule has 2 heterocycles. The topological polar surface area (TPSA) is 21.7 Å². The molecule has 0 saturated carbocycles. The van der Waals surface area contributed by atoms with Crippen LogP contribution in [0.5, 0.6) is 0 Å². The Balaban J connectivity index is 2.07. The second kappa shape index (κ2) is 6.41. The first-order valence-corrected chi connectivity index (χ1v) is 9.08. The molecule has 0 N–H and O–H groups in total. The van der Waals surface area contributed by atoms with Gasteiger partial charge in [-0.1, -0.05) is 38.1 Å². The minimum atomic E-state index is 0.419. The molecule has 0 aliphatic rings. The number of fused-ring (bicyclic) bond motifs is 1. The lowest BCUT2D eigenvalue weighted by Gasteiger charge is -2.15. The quantitative estimate of drug-likeness (QED) is 0.483. The zero-order chi connectivity index (χ0) is 18.3. The molecular formula is C23H24N3+. The van der Waals surface area contributed by atoms with Crippen LogP contribution >= 0.6 is 0 Å². The number of hydrogen-bond acceptors (Lipinski definition) is 1. The second-order valence-electron chi connectivity index (χ2n) is 7.20. The summed E-state index contributed by atoms with van der Waals surface area (Å²) >= 11 is 0. The van der Waals surface area contributed by atoms with Gasteiger partial charge in [-0.3, -0.25) is 4.98 Å². The van der Waals surface area contributed by atoms with E-state index in [0.717, 1.165) is 5.69 Å². The van der Waals surface area contributed by atoms with Crippen molar-refractivity contribution in [2.75, 3.05) is 0 Å². The van der Waals surface area contributed by atoms with E-state index in [4.69, 9.17) is 4.98 Å². The summed E-state index contributed by atoms with van der Waals surface area (Å²) < 4.78 is 4.45. The van der Waals surface area contributed by atoms with Crippen molar-refractivity contribution < 1.29 is 4.57 Å². The molecule has 0 atom stereocenters. The number of imidazole rings is 1. The van der Waals surface area contributed by atoms with Crippen molar-refractivity contribution in [1.29, 1.82) is 0 Å². The molecule has 0 unspecified atom stereocenters. The number of aryl methyl sites for hydroxylation is 2. The van der Waals surface area contributed by atoms with Gasteiger partial charge in [0.05, 0.1) is 18.3 Å². The zero-order valence-electron chi connectivity index (χ0n) is 15.8. The number of para-hydroxylation sites is 2. The van der Waals surface area contributed by atoms with E-state index in [-0.39, 0.29) is 0 Å². The van der Waals surface area contributed by atoms with Gasteiger partial charge in [-0.25, -0.2) is 4.57 Å². The van der Waals surface area contributed by atoms with Crippen molar-refractivity contribution in [3.8, 4) is 16.9 Å². The molecule has 130 valence electrons. The normalized spacial score (nSPS) is 11.4. The third-order valence-electron chi connectivity index (χ3n) is 4.94. The highest BCUT2D eigenvalue weighted by Gasteiger charge is 2.22. The second-order valence-corrected chi connectivity index (χ2v) is 7.20. The molecular weight excluding hydrogens is 318 g/mol. The summed E-state index contributed by atoms with van der Waals surface area (Å²) in [6.45, 7) is 6.60. The van der Waals surface area contributed by atoms with E-state index in [1.54, 1.807) is 0 Å². The van der Waals surface area contributed by atoms with Crippen LogP contribution in [0.3, 0.4) is 0 Å². The predicted octanol–water partition coefficient (Wildman–Crippen LogP) is 4.95. The van der Waals surface area contributed by atoms with Gasteiger partial charge in [-0.15, -0.1) is 0 Å². The van der Waals surface area contributed by atoms with E-state index in [1.807, 2.05) is 12.3 Å². The Morgan fingerprint density at radius 3 is 2.58 bits per heavy atom. The van der Waals surface area contributed by atoms with Crippen LogP contribution < -0.4 is 4.57 Å². The fourth-order valence-corrected chi connectivity index (χ4v) is 3.65. The van der Waals surface area contributed by atoms with E-state index in [0.29, 0.717) is 5.92 Å². The van der Waals surface area contributed by atoms with E-state index in [1.165, 1.54) is 33.4 Å². The third kappa shape index (κ3) is 2.70. The Bertz CT molecular complexity index is 1090. The van der Waals surface area contributed by atoms with Crippen LogP contribution in [0.1, 0.15) is 30.9 Å². The monoisotopic (exact) mass is 342 g/mol. The van der Waals surface area contributed by atoms with Crippen LogP contribution in [0.15, 0.2) is 67.1 Å². The maximum absolute atomic E-state index is 4.71. The molecule has 2 aromatic carbocycles. The molecule has 0 radical (unpaired) electrons. The molecule has 4 rings (SSSR count). The van der Waals surface area contributed by atoms with Gasteiger partial charge in [0.25, 0.3) is 0 Å². The highest BCUT2D eigenvalue weighted by molar-refractivity contribution is 5.80. The number of aromatic nitrogens is 3. The van der Waals surface area contributed by atoms with Gasteiger partial charge >= 0.3 is 0 Å². The van der Waals surface area contributed by atoms with Gasteiger partial charge in [-0.05, 0) is 54.3 Å². The van der Waals surface area contributed by atoms with Crippen LogP contribution in [0.2, 0.25) is 0 Å². The van der Waals surface area contributed by atoms with E-state index in [9.17, 15) is 0 Å². The number of hydrogen-bond donors (Lipinski definition) is 0. The van der Waals surface area contributed by atoms with Gasteiger partial charge in [0.2, 0.25) is 6.33 Å². The number of benzene rings is 2. The van der Waals surface area contributed by atoms with Crippen LogP contribution in [-0.2, 0) is 7.05 Å². The molecule has 26 heavy (non-hydrogen) atoms. The summed E-state index contributed by atoms with van der Waals surface area (Å²) in [7, 11) is 2.09. The van der Waals surface area contributed by atoms with Crippen molar-refractivity contribution in [3.63, 3.8) is 0 Å². The Morgan fingerprint density at radius 2 is 1.81 bits per heavy atom. The first-order chi connectivity index (χ1) is 12.6. The van der Waals surface area contributed by atoms with Crippen LogP contribution in [0.25, 0.3) is 28.0 Å². The van der Waals surface area contributed by atoms with Crippen molar-refractivity contribution in [2.45, 2.75) is 26.7 Å². The molecule has 0 fully saturated rings. The van der Waals surface area contributed by atoms with Crippen molar-refractivity contribution in [2.24, 2.45) is 7.05 Å². The van der Waals surface area contributed by atoms with Crippen LogP contribution in [0, 0.1) is 6.92 Å². The molecule has 3 heteroatoms. The third-order valence-corrected chi connectivity index (χ3v) is 4.94. The minimum absolute atomic E-state index is 0.419. The predicted molar refractivity (Wildman–Crippen MR) is 107 cm³/mol. The first kappa shape index (κ1) is 16.5. The van der Waals surface area contributed by atoms with E-state index < -0.39 is 0 Å². The molecule has 2 aromatic heterocycles. The van der Waals surface area contributed by atoms with Crippen LogP contribution in [0.4, 0.5) is 0 Å². The molecule has 0 spiro atoms. The average Bonchev–Trinajstić information content (AvgIpc) is 2.98. The summed E-state index contributed by atoms with van der Waals surface area (Å²) in [6.07, 6.45) is 4.06. The molecule has 4 aromatic rings. The highest BCUT2D eigenvalue weighted by Crippen LogP contribution is 2.34. The minimum Gasteiger partial charge on any atom is -0.256 e. The molecule has 0 aliphatic heterocycles. The maximum Gasteiger partial charge on any atom is 0.249 e. The first-order valence-electron chi connectivity index (χ1n) is 9.08. The molecule has 0 aliphatic carbocycles. The van der Waals surface area contributed by atoms with Gasteiger partial charge < -0.3 is 0 Å². The van der Waals surface area contributed by atoms with Gasteiger partial charge in [0, 0.05) is 6.20 Å². The summed E-state index contributed by atoms with van der Waals surface area (Å²) in [5, 5.41) is 0. The fourth-order valence-electron chi connectivity index (χ4n) is 3.65. The van der Waals surface area contributed by atoms with Gasteiger partial charge in [0.15, 0.2) is 11.0 Å². The summed E-state index contributed by atoms with van der Waals surface area (Å²) in [4.78, 5) is 4.71. The smallest absolute Gasteiger partial charge is 0.249 e. The van der Waals surface area contributed by atoms with Crippen molar-refractivity contribution >= 4 is 11.0 Å². The lowest BCUT2D eigenvalue weighted by atomic mass is 9.93. The lowest BCUT2D eigenvalue weighted by Crippen LogP contribution is -2.25. The Hall–Kier alpha value is -2.94. The zero-order valence-corrected chi connectivity index (χ0v) is 15.8. The molecule has 3 nitrogen and oxygen atoms in total. The average molecular weight is 342 g/mol. The fraction of sp³-hybridized carbons (Fsp3) is 0.217. The molecule has 0 amide bonds. The summed E-state index contributed by atoms with van der Waals surface area (Å²) in [6, 6.07) is 19.3. The SMILES string of the molecule is Cc1ccnc(-c2c(C(C)C)cccc2-n2c[n+](C)c3ccccc32)c1. The number of rotatable bonds is 3. The van der Waals surface area contributed by atoms with Gasteiger partial charge in [-0.2, -0.15) is 4.57 Å². The largest absolute Gasteiger partial charge is 0.256 e. The standard InChI is InChI=1S/C23H24N3/c1-16(2)18-8-7-11-22(23(18)19-14-17(3)12-13-24-19)26-15-25(4)20-9-5-6-10-21(20)26/h5-16H,1-4H3/q+1. The van der Waals surface area contributed by atoms with E-state index >= 15 is 0 Å². The Labute approximate surface area is 154 Å². The maximum atomic E-state index is 4.71. The highest BCUT2D eigenvalue weighted by atomic mass is 15.1.